The number of carbonyl (C=O) groups excluding carboxylic acids is 1. The fraction of sp³-hybridized carbons (Fsp3) is 0.333. The monoisotopic (exact) mass is 192 g/mol. The smallest absolute Gasteiger partial charge is 0.234 e. The minimum atomic E-state index is -0.0881. The molecule has 0 fully saturated rings. The summed E-state index contributed by atoms with van der Waals surface area (Å²) in [5.41, 5.74) is 0.871. The molecule has 0 saturated heterocycles. The summed E-state index contributed by atoms with van der Waals surface area (Å²) in [5.74, 6) is 2.30. The molecule has 0 spiro atoms. The molecule has 0 bridgehead atoms. The van der Waals surface area contributed by atoms with Gasteiger partial charge in [0.05, 0.1) is 25.3 Å². The zero-order valence-corrected chi connectivity index (χ0v) is 7.71. The molecule has 0 aromatic carbocycles. The van der Waals surface area contributed by atoms with Crippen LogP contribution in [-0.2, 0) is 11.3 Å². The number of aromatic amines is 1. The lowest BCUT2D eigenvalue weighted by Crippen LogP contribution is -2.33. The lowest BCUT2D eigenvalue weighted by atomic mass is 10.4. The Hall–Kier alpha value is -1.80. The largest absolute Gasteiger partial charge is 0.349 e. The van der Waals surface area contributed by atoms with Crippen molar-refractivity contribution in [2.75, 3.05) is 13.1 Å². The van der Waals surface area contributed by atoms with E-state index in [0.29, 0.717) is 13.1 Å². The summed E-state index contributed by atoms with van der Waals surface area (Å²) in [7, 11) is 0. The molecule has 1 rings (SSSR count). The van der Waals surface area contributed by atoms with E-state index < -0.39 is 0 Å². The molecular weight excluding hydrogens is 180 g/mol. The first-order chi connectivity index (χ1) is 6.83. The van der Waals surface area contributed by atoms with Crippen molar-refractivity contribution in [1.82, 2.24) is 20.8 Å². The minimum Gasteiger partial charge on any atom is -0.349 e. The van der Waals surface area contributed by atoms with E-state index in [-0.39, 0.29) is 12.5 Å². The summed E-state index contributed by atoms with van der Waals surface area (Å²) in [6.45, 7) is 1.09. The molecule has 0 saturated carbocycles. The van der Waals surface area contributed by atoms with Gasteiger partial charge in [-0.2, -0.15) is 5.10 Å². The fourth-order valence-electron chi connectivity index (χ4n) is 0.888. The number of rotatable bonds is 5. The molecule has 0 radical (unpaired) electrons. The molecule has 1 aromatic rings. The van der Waals surface area contributed by atoms with Gasteiger partial charge in [-0.1, -0.05) is 5.92 Å². The lowest BCUT2D eigenvalue weighted by molar-refractivity contribution is -0.120. The third kappa shape index (κ3) is 3.74. The van der Waals surface area contributed by atoms with Crippen molar-refractivity contribution in [3.63, 3.8) is 0 Å². The second kappa shape index (κ2) is 5.78. The normalized spacial score (nSPS) is 9.36. The van der Waals surface area contributed by atoms with Crippen LogP contribution in [0.5, 0.6) is 0 Å². The van der Waals surface area contributed by atoms with Crippen molar-refractivity contribution in [2.45, 2.75) is 6.54 Å². The van der Waals surface area contributed by atoms with Gasteiger partial charge in [0.2, 0.25) is 5.91 Å². The number of hydrogen-bond donors (Lipinski definition) is 3. The Kier molecular flexibility index (Phi) is 4.24. The van der Waals surface area contributed by atoms with Crippen molar-refractivity contribution in [2.24, 2.45) is 0 Å². The maximum absolute atomic E-state index is 11.1. The molecule has 1 amide bonds. The third-order valence-electron chi connectivity index (χ3n) is 1.55. The van der Waals surface area contributed by atoms with Crippen LogP contribution in [0.2, 0.25) is 0 Å². The fourth-order valence-corrected chi connectivity index (χ4v) is 0.888. The Morgan fingerprint density at radius 2 is 2.57 bits per heavy atom. The van der Waals surface area contributed by atoms with Crippen LogP contribution in [-0.4, -0.2) is 29.2 Å². The molecular formula is C9H12N4O. The van der Waals surface area contributed by atoms with Crippen molar-refractivity contribution in [1.29, 1.82) is 0 Å². The van der Waals surface area contributed by atoms with E-state index in [1.54, 1.807) is 12.3 Å². The topological polar surface area (TPSA) is 69.8 Å². The first-order valence-corrected chi connectivity index (χ1v) is 4.22. The molecule has 0 atom stereocenters. The van der Waals surface area contributed by atoms with Crippen LogP contribution in [0.3, 0.4) is 0 Å². The van der Waals surface area contributed by atoms with Crippen LogP contribution in [0, 0.1) is 12.3 Å². The van der Waals surface area contributed by atoms with Crippen LogP contribution in [0.15, 0.2) is 12.3 Å². The highest BCUT2D eigenvalue weighted by atomic mass is 16.1. The molecule has 5 heteroatoms. The summed E-state index contributed by atoms with van der Waals surface area (Å²) in [6.07, 6.45) is 6.65. The van der Waals surface area contributed by atoms with Gasteiger partial charge in [-0.25, -0.2) is 0 Å². The Labute approximate surface area is 82.3 Å². The standard InChI is InChI=1S/C9H12N4O/c1-2-4-10-7-9(14)11-6-8-3-5-12-13-8/h1,3,5,10H,4,6-7H2,(H,11,14)(H,12,13). The van der Waals surface area contributed by atoms with Crippen molar-refractivity contribution >= 4 is 5.91 Å². The number of hydrogen-bond acceptors (Lipinski definition) is 3. The maximum Gasteiger partial charge on any atom is 0.234 e. The number of aromatic nitrogens is 2. The van der Waals surface area contributed by atoms with Gasteiger partial charge < -0.3 is 5.32 Å². The van der Waals surface area contributed by atoms with Gasteiger partial charge >= 0.3 is 0 Å². The summed E-state index contributed by atoms with van der Waals surface area (Å²) >= 11 is 0. The predicted octanol–water partition coefficient (Wildman–Crippen LogP) is -0.751. The Morgan fingerprint density at radius 1 is 1.71 bits per heavy atom. The molecule has 0 aliphatic heterocycles. The summed E-state index contributed by atoms with van der Waals surface area (Å²) in [4.78, 5) is 11.1. The molecule has 0 aliphatic rings. The first kappa shape index (κ1) is 10.3. The average molecular weight is 192 g/mol. The second-order valence-corrected chi connectivity index (χ2v) is 2.67. The Morgan fingerprint density at radius 3 is 3.21 bits per heavy atom. The molecule has 5 nitrogen and oxygen atoms in total. The van der Waals surface area contributed by atoms with Crippen LogP contribution in [0.4, 0.5) is 0 Å². The van der Waals surface area contributed by atoms with Gasteiger partial charge in [-0.05, 0) is 6.07 Å². The zero-order chi connectivity index (χ0) is 10.2. The molecule has 1 heterocycles. The molecule has 74 valence electrons. The van der Waals surface area contributed by atoms with Crippen molar-refractivity contribution < 1.29 is 4.79 Å². The van der Waals surface area contributed by atoms with E-state index >= 15 is 0 Å². The maximum atomic E-state index is 11.1. The molecule has 0 aliphatic carbocycles. The Bertz CT molecular complexity index is 312. The quantitative estimate of drug-likeness (QED) is 0.424. The summed E-state index contributed by atoms with van der Waals surface area (Å²) in [6, 6.07) is 1.80. The summed E-state index contributed by atoms with van der Waals surface area (Å²) in [5, 5.41) is 12.0. The van der Waals surface area contributed by atoms with E-state index in [1.807, 2.05) is 0 Å². The number of amides is 1. The number of carbonyl (C=O) groups is 1. The number of nitrogens with one attached hydrogen (secondary N) is 3. The average Bonchev–Trinajstić information content (AvgIpc) is 2.68. The van der Waals surface area contributed by atoms with Gasteiger partial charge in [0.15, 0.2) is 0 Å². The van der Waals surface area contributed by atoms with E-state index in [2.05, 4.69) is 26.8 Å². The number of H-pyrrole nitrogens is 1. The van der Waals surface area contributed by atoms with E-state index in [9.17, 15) is 4.79 Å². The minimum absolute atomic E-state index is 0.0881. The van der Waals surface area contributed by atoms with E-state index in [0.717, 1.165) is 5.69 Å². The van der Waals surface area contributed by atoms with Crippen LogP contribution in [0.1, 0.15) is 5.69 Å². The lowest BCUT2D eigenvalue weighted by Gasteiger charge is -2.02. The number of nitrogens with zero attached hydrogens (tertiary/aromatic N) is 1. The molecule has 3 N–H and O–H groups in total. The highest BCUT2D eigenvalue weighted by Crippen LogP contribution is 1.88. The predicted molar refractivity (Wildman–Crippen MR) is 52.1 cm³/mol. The van der Waals surface area contributed by atoms with Crippen molar-refractivity contribution in [3.8, 4) is 12.3 Å². The van der Waals surface area contributed by atoms with Gasteiger partial charge in [0.25, 0.3) is 0 Å². The van der Waals surface area contributed by atoms with Crippen LogP contribution in [0.25, 0.3) is 0 Å². The van der Waals surface area contributed by atoms with Crippen molar-refractivity contribution in [3.05, 3.63) is 18.0 Å². The van der Waals surface area contributed by atoms with E-state index in [1.165, 1.54) is 0 Å². The molecule has 0 unspecified atom stereocenters. The van der Waals surface area contributed by atoms with Crippen LogP contribution < -0.4 is 10.6 Å². The molecule has 14 heavy (non-hydrogen) atoms. The number of terminal acetylenes is 1. The zero-order valence-electron chi connectivity index (χ0n) is 7.71. The summed E-state index contributed by atoms with van der Waals surface area (Å²) < 4.78 is 0. The van der Waals surface area contributed by atoms with Gasteiger partial charge in [0.1, 0.15) is 0 Å². The van der Waals surface area contributed by atoms with Gasteiger partial charge in [0, 0.05) is 6.20 Å². The highest BCUT2D eigenvalue weighted by Gasteiger charge is 1.99. The van der Waals surface area contributed by atoms with Gasteiger partial charge in [-0.15, -0.1) is 6.42 Å². The van der Waals surface area contributed by atoms with Gasteiger partial charge in [-0.3, -0.25) is 15.2 Å². The second-order valence-electron chi connectivity index (χ2n) is 2.67. The molecule has 1 aromatic heterocycles. The first-order valence-electron chi connectivity index (χ1n) is 4.22. The Balaban J connectivity index is 2.13. The van der Waals surface area contributed by atoms with E-state index in [4.69, 9.17) is 6.42 Å². The SMILES string of the molecule is C#CCNCC(=O)NCc1ccn[nH]1. The highest BCUT2D eigenvalue weighted by molar-refractivity contribution is 5.77. The van der Waals surface area contributed by atoms with Crippen LogP contribution >= 0.6 is 0 Å². The third-order valence-corrected chi connectivity index (χ3v) is 1.55.